The zero-order valence-corrected chi connectivity index (χ0v) is 11.1. The summed E-state index contributed by atoms with van der Waals surface area (Å²) in [6, 6.07) is -0.404. The van der Waals surface area contributed by atoms with E-state index in [9.17, 15) is 5.21 Å². The topological polar surface area (TPSA) is 63.0 Å². The summed E-state index contributed by atoms with van der Waals surface area (Å²) in [5.74, 6) is -1.29. The number of nitrogens with zero attached hydrogens (tertiary/aromatic N) is 1. The van der Waals surface area contributed by atoms with Gasteiger partial charge in [0.2, 0.25) is 6.04 Å². The number of ether oxygens (including phenoxy) is 4. The number of rotatable bonds is 1. The molecule has 3 aliphatic rings. The van der Waals surface area contributed by atoms with Gasteiger partial charge in [-0.25, -0.2) is 4.74 Å². The molecule has 0 aliphatic carbocycles. The quantitative estimate of drug-likeness (QED) is 0.509. The first-order chi connectivity index (χ1) is 8.27. The van der Waals surface area contributed by atoms with Gasteiger partial charge in [-0.3, -0.25) is 0 Å². The molecule has 3 heterocycles. The minimum absolute atomic E-state index is 0.291. The molecule has 4 atom stereocenters. The molecule has 0 unspecified atom stereocenters. The molecule has 3 rings (SSSR count). The van der Waals surface area contributed by atoms with E-state index < -0.39 is 17.6 Å². The van der Waals surface area contributed by atoms with E-state index in [1.165, 1.54) is 6.21 Å². The maximum absolute atomic E-state index is 12.0. The van der Waals surface area contributed by atoms with E-state index >= 15 is 0 Å². The SMILES string of the molecule is CC1(C)O[C@H]2[C@H]([C@H]3COC(C)(C)O3)[N+]([O-])=C[C@H]2O1. The van der Waals surface area contributed by atoms with Crippen LogP contribution in [-0.2, 0) is 18.9 Å². The van der Waals surface area contributed by atoms with Crippen LogP contribution in [0.25, 0.3) is 0 Å². The molecule has 0 radical (unpaired) electrons. The lowest BCUT2D eigenvalue weighted by molar-refractivity contribution is -0.514. The monoisotopic (exact) mass is 257 g/mol. The fourth-order valence-electron chi connectivity index (χ4n) is 2.84. The highest BCUT2D eigenvalue weighted by Crippen LogP contribution is 2.37. The number of fused-ring (bicyclic) bond motifs is 1. The van der Waals surface area contributed by atoms with Crippen LogP contribution in [0.3, 0.4) is 0 Å². The molecule has 6 heteroatoms. The molecule has 0 amide bonds. The van der Waals surface area contributed by atoms with Crippen molar-refractivity contribution >= 4 is 6.21 Å². The van der Waals surface area contributed by atoms with Crippen LogP contribution in [0, 0.1) is 5.21 Å². The second kappa shape index (κ2) is 3.66. The third kappa shape index (κ3) is 1.93. The van der Waals surface area contributed by atoms with Gasteiger partial charge in [0.25, 0.3) is 0 Å². The first kappa shape index (κ1) is 12.3. The highest BCUT2D eigenvalue weighted by Gasteiger charge is 2.58. The molecule has 0 aromatic rings. The van der Waals surface area contributed by atoms with Crippen LogP contribution in [-0.4, -0.2) is 53.5 Å². The summed E-state index contributed by atoms with van der Waals surface area (Å²) < 4.78 is 23.6. The van der Waals surface area contributed by atoms with Crippen LogP contribution >= 0.6 is 0 Å². The van der Waals surface area contributed by atoms with Crippen molar-refractivity contribution < 1.29 is 23.7 Å². The van der Waals surface area contributed by atoms with Gasteiger partial charge < -0.3 is 24.2 Å². The highest BCUT2D eigenvalue weighted by atomic mass is 16.8. The molecular weight excluding hydrogens is 238 g/mol. The average molecular weight is 257 g/mol. The largest absolute Gasteiger partial charge is 0.624 e. The van der Waals surface area contributed by atoms with Gasteiger partial charge in [0.1, 0.15) is 6.10 Å². The highest BCUT2D eigenvalue weighted by molar-refractivity contribution is 5.62. The average Bonchev–Trinajstić information content (AvgIpc) is 2.75. The lowest BCUT2D eigenvalue weighted by Gasteiger charge is -2.25. The fraction of sp³-hybridized carbons (Fsp3) is 0.917. The Hall–Kier alpha value is -0.690. The molecule has 6 nitrogen and oxygen atoms in total. The van der Waals surface area contributed by atoms with E-state index in [2.05, 4.69) is 0 Å². The Balaban J connectivity index is 1.79. The van der Waals surface area contributed by atoms with Crippen molar-refractivity contribution in [3.05, 3.63) is 5.21 Å². The summed E-state index contributed by atoms with van der Waals surface area (Å²) in [7, 11) is 0. The summed E-state index contributed by atoms with van der Waals surface area (Å²) in [5.41, 5.74) is 0. The lowest BCUT2D eigenvalue weighted by Crippen LogP contribution is -2.45. The number of hydrogen-bond donors (Lipinski definition) is 0. The first-order valence-electron chi connectivity index (χ1n) is 6.25. The molecule has 0 aromatic carbocycles. The van der Waals surface area contributed by atoms with Gasteiger partial charge in [0, 0.05) is 0 Å². The van der Waals surface area contributed by atoms with Crippen molar-refractivity contribution in [2.24, 2.45) is 0 Å². The van der Waals surface area contributed by atoms with Crippen LogP contribution in [0.4, 0.5) is 0 Å². The molecule has 18 heavy (non-hydrogen) atoms. The minimum Gasteiger partial charge on any atom is -0.624 e. The number of hydrogen-bond acceptors (Lipinski definition) is 5. The second-order valence-corrected chi connectivity index (χ2v) is 5.93. The van der Waals surface area contributed by atoms with E-state index in [-0.39, 0.29) is 18.3 Å². The summed E-state index contributed by atoms with van der Waals surface area (Å²) in [6.45, 7) is 7.78. The standard InChI is InChI=1S/C12H19NO5/c1-11(2)15-6-8(17-11)9-10-7(5-13(9)14)16-12(3,4)18-10/h5,7-10H,6H2,1-4H3/t7-,8-,9+,10-/m1/s1. The fourth-order valence-corrected chi connectivity index (χ4v) is 2.84. The van der Waals surface area contributed by atoms with E-state index in [0.717, 1.165) is 4.74 Å². The van der Waals surface area contributed by atoms with Crippen molar-refractivity contribution in [1.82, 2.24) is 0 Å². The van der Waals surface area contributed by atoms with E-state index in [1.807, 2.05) is 27.7 Å². The van der Waals surface area contributed by atoms with Crippen LogP contribution in [0.2, 0.25) is 0 Å². The Morgan fingerprint density at radius 3 is 2.44 bits per heavy atom. The van der Waals surface area contributed by atoms with E-state index in [0.29, 0.717) is 6.61 Å². The smallest absolute Gasteiger partial charge is 0.220 e. The molecule has 102 valence electrons. The minimum atomic E-state index is -0.652. The Bertz CT molecular complexity index is 392. The zero-order chi connectivity index (χ0) is 13.1. The maximum atomic E-state index is 12.0. The first-order valence-corrected chi connectivity index (χ1v) is 6.25. The lowest BCUT2D eigenvalue weighted by atomic mass is 10.1. The second-order valence-electron chi connectivity index (χ2n) is 5.93. The molecule has 2 fully saturated rings. The van der Waals surface area contributed by atoms with Crippen molar-refractivity contribution in [3.8, 4) is 0 Å². The molecule has 0 aromatic heterocycles. The summed E-state index contributed by atoms with van der Waals surface area (Å²) in [6.07, 6.45) is 0.648. The van der Waals surface area contributed by atoms with Crippen LogP contribution in [0.15, 0.2) is 0 Å². The Kier molecular flexibility index (Phi) is 2.51. The summed E-state index contributed by atoms with van der Waals surface area (Å²) >= 11 is 0. The Morgan fingerprint density at radius 1 is 1.11 bits per heavy atom. The van der Waals surface area contributed by atoms with E-state index in [1.54, 1.807) is 0 Å². The molecule has 0 bridgehead atoms. The predicted octanol–water partition coefficient (Wildman–Crippen LogP) is 0.621. The predicted molar refractivity (Wildman–Crippen MR) is 62.2 cm³/mol. The van der Waals surface area contributed by atoms with Gasteiger partial charge in [-0.15, -0.1) is 0 Å². The zero-order valence-electron chi connectivity index (χ0n) is 11.1. The third-order valence-corrected chi connectivity index (χ3v) is 3.50. The van der Waals surface area contributed by atoms with Gasteiger partial charge in [-0.2, -0.15) is 0 Å². The van der Waals surface area contributed by atoms with Gasteiger partial charge in [-0.1, -0.05) is 0 Å². The van der Waals surface area contributed by atoms with Crippen molar-refractivity contribution in [2.45, 2.75) is 63.6 Å². The molecule has 3 aliphatic heterocycles. The van der Waals surface area contributed by atoms with Gasteiger partial charge in [-0.05, 0) is 27.7 Å². The maximum Gasteiger partial charge on any atom is 0.220 e. The Morgan fingerprint density at radius 2 is 1.83 bits per heavy atom. The van der Waals surface area contributed by atoms with Gasteiger partial charge in [0.15, 0.2) is 30.0 Å². The van der Waals surface area contributed by atoms with Gasteiger partial charge in [0.05, 0.1) is 6.61 Å². The van der Waals surface area contributed by atoms with Crippen molar-refractivity contribution in [3.63, 3.8) is 0 Å². The number of hydroxylamine groups is 1. The molecule has 0 saturated carbocycles. The normalized spacial score (nSPS) is 45.0. The molecular formula is C12H19NO5. The molecule has 0 spiro atoms. The Labute approximate surface area is 106 Å². The van der Waals surface area contributed by atoms with Crippen LogP contribution < -0.4 is 0 Å². The van der Waals surface area contributed by atoms with Gasteiger partial charge >= 0.3 is 0 Å². The van der Waals surface area contributed by atoms with Crippen molar-refractivity contribution in [1.29, 1.82) is 0 Å². The summed E-state index contributed by atoms with van der Waals surface area (Å²) in [5, 5.41) is 12.0. The van der Waals surface area contributed by atoms with Crippen molar-refractivity contribution in [2.75, 3.05) is 6.61 Å². The summed E-state index contributed by atoms with van der Waals surface area (Å²) in [4.78, 5) is 0. The molecule has 0 N–H and O–H groups in total. The third-order valence-electron chi connectivity index (χ3n) is 3.50. The van der Waals surface area contributed by atoms with Crippen LogP contribution in [0.5, 0.6) is 0 Å². The molecule has 2 saturated heterocycles. The van der Waals surface area contributed by atoms with Crippen LogP contribution in [0.1, 0.15) is 27.7 Å². The van der Waals surface area contributed by atoms with E-state index in [4.69, 9.17) is 18.9 Å².